The van der Waals surface area contributed by atoms with Crippen molar-refractivity contribution in [2.24, 2.45) is 0 Å². The summed E-state index contributed by atoms with van der Waals surface area (Å²) in [5.41, 5.74) is -3.12. The summed E-state index contributed by atoms with van der Waals surface area (Å²) < 4.78 is 55.0. The average Bonchev–Trinajstić information content (AvgIpc) is 3.30. The molecule has 0 aliphatic carbocycles. The van der Waals surface area contributed by atoms with E-state index in [-0.39, 0.29) is 34.5 Å². The zero-order valence-corrected chi connectivity index (χ0v) is 16.8. The van der Waals surface area contributed by atoms with Crippen molar-refractivity contribution >= 4 is 23.5 Å². The van der Waals surface area contributed by atoms with Crippen LogP contribution in [-0.2, 0) is 4.79 Å². The van der Waals surface area contributed by atoms with Crippen LogP contribution in [0.2, 0.25) is 0 Å². The summed E-state index contributed by atoms with van der Waals surface area (Å²) in [5.74, 6) is -2.00. The van der Waals surface area contributed by atoms with E-state index in [1.165, 1.54) is 37.5 Å². The van der Waals surface area contributed by atoms with Crippen LogP contribution in [0.4, 0.5) is 28.9 Å². The quantitative estimate of drug-likeness (QED) is 0.294. The van der Waals surface area contributed by atoms with Gasteiger partial charge in [-0.05, 0) is 25.1 Å². The van der Waals surface area contributed by atoms with Crippen LogP contribution >= 0.6 is 0 Å². The van der Waals surface area contributed by atoms with Crippen molar-refractivity contribution in [3.8, 4) is 11.9 Å². The van der Waals surface area contributed by atoms with E-state index in [2.05, 4.69) is 20.5 Å². The number of carbonyl (C=O) groups is 1. The Morgan fingerprint density at radius 3 is 2.55 bits per heavy atom. The van der Waals surface area contributed by atoms with Gasteiger partial charge in [0.15, 0.2) is 5.82 Å². The van der Waals surface area contributed by atoms with Crippen molar-refractivity contribution in [3.05, 3.63) is 71.1 Å². The number of allylic oxidation sites excluding steroid dienone is 1. The van der Waals surface area contributed by atoms with E-state index in [1.807, 2.05) is 11.4 Å². The number of aromatic nitrogens is 4. The Morgan fingerprint density at radius 1 is 1.24 bits per heavy atom. The topological polar surface area (TPSA) is 132 Å². The number of nitrogens with zero attached hydrogens (tertiary/aromatic N) is 5. The largest absolute Gasteiger partial charge is 0.432 e. The Balaban J connectivity index is 1.97. The SMILES string of the molecule is Cc1c(F)cccc1N/C(=C(\C=N)C(=O)Nc1cnc(-n2nccn2)c(C#N)c1)C(F)(F)F. The first kappa shape index (κ1) is 23.1. The molecule has 3 aromatic rings. The predicted molar refractivity (Wildman–Crippen MR) is 109 cm³/mol. The van der Waals surface area contributed by atoms with Crippen molar-refractivity contribution in [2.45, 2.75) is 13.1 Å². The fourth-order valence-corrected chi connectivity index (χ4v) is 2.71. The predicted octanol–water partition coefficient (Wildman–Crippen LogP) is 3.50. The van der Waals surface area contributed by atoms with E-state index in [0.29, 0.717) is 0 Å². The van der Waals surface area contributed by atoms with Crippen LogP contribution in [0.15, 0.2) is 54.1 Å². The summed E-state index contributed by atoms with van der Waals surface area (Å²) in [4.78, 5) is 17.6. The normalized spacial score (nSPS) is 11.9. The lowest BCUT2D eigenvalue weighted by Crippen LogP contribution is -2.28. The van der Waals surface area contributed by atoms with Gasteiger partial charge in [0.05, 0.1) is 29.9 Å². The zero-order valence-electron chi connectivity index (χ0n) is 16.8. The van der Waals surface area contributed by atoms with Gasteiger partial charge in [-0.25, -0.2) is 9.37 Å². The van der Waals surface area contributed by atoms with E-state index in [4.69, 9.17) is 5.41 Å². The highest BCUT2D eigenvalue weighted by molar-refractivity contribution is 6.18. The van der Waals surface area contributed by atoms with Crippen LogP contribution in [0, 0.1) is 29.5 Å². The number of nitrogens with one attached hydrogen (secondary N) is 3. The maximum absolute atomic E-state index is 13.8. The molecule has 2 heterocycles. The molecule has 0 spiro atoms. The maximum atomic E-state index is 13.8. The van der Waals surface area contributed by atoms with Gasteiger partial charge in [-0.1, -0.05) is 6.07 Å². The standard InChI is InChI=1S/C20H14F4N8O/c1-11-15(21)3-2-4-16(11)31-17(20(22,23)24)14(9-26)19(33)30-13-7-12(8-25)18(27-10-13)32-28-5-6-29-32/h2-7,9-10,26,31H,1H3,(H,30,33)/b17-14+,26-9?. The van der Waals surface area contributed by atoms with Gasteiger partial charge in [0, 0.05) is 17.5 Å². The van der Waals surface area contributed by atoms with E-state index >= 15 is 0 Å². The number of anilines is 2. The number of pyridine rings is 1. The molecule has 0 aliphatic rings. The Hall–Kier alpha value is -4.60. The number of nitriles is 1. The van der Waals surface area contributed by atoms with Crippen LogP contribution in [0.25, 0.3) is 5.82 Å². The van der Waals surface area contributed by atoms with Gasteiger partial charge in [-0.3, -0.25) is 4.79 Å². The third kappa shape index (κ3) is 5.01. The summed E-state index contributed by atoms with van der Waals surface area (Å²) in [6, 6.07) is 6.48. The molecule has 0 atom stereocenters. The minimum absolute atomic E-state index is 0.0440. The fraction of sp³-hybridized carbons (Fsp3) is 0.100. The monoisotopic (exact) mass is 458 g/mol. The lowest BCUT2D eigenvalue weighted by atomic mass is 10.1. The molecular weight excluding hydrogens is 444 g/mol. The molecule has 0 unspecified atom stereocenters. The average molecular weight is 458 g/mol. The molecule has 168 valence electrons. The molecule has 0 radical (unpaired) electrons. The van der Waals surface area contributed by atoms with Crippen LogP contribution < -0.4 is 10.6 Å². The first-order valence-electron chi connectivity index (χ1n) is 9.08. The van der Waals surface area contributed by atoms with Crippen molar-refractivity contribution in [1.29, 1.82) is 10.7 Å². The van der Waals surface area contributed by atoms with Gasteiger partial charge in [0.25, 0.3) is 5.91 Å². The second-order valence-electron chi connectivity index (χ2n) is 6.45. The number of rotatable bonds is 6. The van der Waals surface area contributed by atoms with E-state index in [1.54, 1.807) is 0 Å². The van der Waals surface area contributed by atoms with Crippen molar-refractivity contribution < 1.29 is 22.4 Å². The molecule has 1 aromatic carbocycles. The molecule has 0 fully saturated rings. The van der Waals surface area contributed by atoms with E-state index in [0.717, 1.165) is 17.1 Å². The third-order valence-electron chi connectivity index (χ3n) is 4.32. The second kappa shape index (κ2) is 9.27. The summed E-state index contributed by atoms with van der Waals surface area (Å²) >= 11 is 0. The lowest BCUT2D eigenvalue weighted by Gasteiger charge is -2.19. The number of benzene rings is 1. The number of amides is 1. The van der Waals surface area contributed by atoms with E-state index < -0.39 is 29.2 Å². The molecule has 0 saturated carbocycles. The van der Waals surface area contributed by atoms with Gasteiger partial charge < -0.3 is 16.0 Å². The summed E-state index contributed by atoms with van der Waals surface area (Å²) in [5, 5.41) is 28.6. The van der Waals surface area contributed by atoms with Crippen molar-refractivity contribution in [2.75, 3.05) is 10.6 Å². The number of alkyl halides is 3. The Labute approximate surface area is 183 Å². The molecule has 3 N–H and O–H groups in total. The molecular formula is C20H14F4N8O. The molecule has 3 rings (SSSR count). The Morgan fingerprint density at radius 2 is 1.94 bits per heavy atom. The Bertz CT molecular complexity index is 1280. The number of hydrogen-bond donors (Lipinski definition) is 3. The summed E-state index contributed by atoms with van der Waals surface area (Å²) in [6.07, 6.45) is -1.05. The molecule has 0 bridgehead atoms. The minimum atomic E-state index is -5.07. The van der Waals surface area contributed by atoms with Gasteiger partial charge in [-0.15, -0.1) is 4.80 Å². The van der Waals surface area contributed by atoms with Gasteiger partial charge >= 0.3 is 6.18 Å². The molecule has 13 heteroatoms. The summed E-state index contributed by atoms with van der Waals surface area (Å²) in [7, 11) is 0. The first-order chi connectivity index (χ1) is 15.7. The third-order valence-corrected chi connectivity index (χ3v) is 4.32. The number of hydrogen-bond acceptors (Lipinski definition) is 7. The van der Waals surface area contributed by atoms with Crippen LogP contribution in [-0.4, -0.2) is 38.3 Å². The van der Waals surface area contributed by atoms with Crippen molar-refractivity contribution in [1.82, 2.24) is 20.0 Å². The number of halogens is 4. The van der Waals surface area contributed by atoms with Gasteiger partial charge in [-0.2, -0.15) is 28.6 Å². The Kier molecular flexibility index (Phi) is 6.48. The molecule has 1 amide bonds. The molecule has 33 heavy (non-hydrogen) atoms. The molecule has 0 saturated heterocycles. The molecule has 2 aromatic heterocycles. The maximum Gasteiger partial charge on any atom is 0.432 e. The smallest absolute Gasteiger partial charge is 0.351 e. The minimum Gasteiger partial charge on any atom is -0.351 e. The van der Waals surface area contributed by atoms with Gasteiger partial charge in [0.1, 0.15) is 23.1 Å². The van der Waals surface area contributed by atoms with Crippen LogP contribution in [0.3, 0.4) is 0 Å². The van der Waals surface area contributed by atoms with Crippen LogP contribution in [0.5, 0.6) is 0 Å². The number of carbonyl (C=O) groups excluding carboxylic acids is 1. The highest BCUT2D eigenvalue weighted by Crippen LogP contribution is 2.31. The highest BCUT2D eigenvalue weighted by atomic mass is 19.4. The highest BCUT2D eigenvalue weighted by Gasteiger charge is 2.38. The second-order valence-corrected chi connectivity index (χ2v) is 6.45. The zero-order chi connectivity index (χ0) is 24.2. The fourth-order valence-electron chi connectivity index (χ4n) is 2.71. The molecule has 0 aliphatic heterocycles. The summed E-state index contributed by atoms with van der Waals surface area (Å²) in [6.45, 7) is 1.26. The van der Waals surface area contributed by atoms with E-state index in [9.17, 15) is 27.6 Å². The van der Waals surface area contributed by atoms with Crippen molar-refractivity contribution in [3.63, 3.8) is 0 Å². The first-order valence-corrected chi connectivity index (χ1v) is 9.08. The lowest BCUT2D eigenvalue weighted by molar-refractivity contribution is -0.114. The van der Waals surface area contributed by atoms with Crippen LogP contribution in [0.1, 0.15) is 11.1 Å². The molecule has 9 nitrogen and oxygen atoms in total. The van der Waals surface area contributed by atoms with Gasteiger partial charge in [0.2, 0.25) is 0 Å².